The molecular formula is C18H20N2O5. The number of piperidine rings is 1. The molecule has 1 fully saturated rings. The summed E-state index contributed by atoms with van der Waals surface area (Å²) in [5.74, 6) is -0.976. The topological polar surface area (TPSA) is 97.6 Å². The number of furan rings is 1. The lowest BCUT2D eigenvalue weighted by Crippen LogP contribution is -2.39. The number of rotatable bonds is 2. The van der Waals surface area contributed by atoms with Gasteiger partial charge in [-0.25, -0.2) is 4.79 Å². The molecule has 1 saturated heterocycles. The van der Waals surface area contributed by atoms with E-state index in [9.17, 15) is 14.4 Å². The van der Waals surface area contributed by atoms with E-state index in [0.717, 1.165) is 10.9 Å². The highest BCUT2D eigenvalue weighted by atomic mass is 16.6. The summed E-state index contributed by atoms with van der Waals surface area (Å²) in [6.45, 7) is 5.36. The Kier molecular flexibility index (Phi) is 4.24. The Labute approximate surface area is 144 Å². The number of hydrogen-bond acceptors (Lipinski definition) is 5. The standard InChI is InChI=1S/C18H20N2O5/c1-18(2,3)25-17(23)19-10-4-5-11-13(9-24-14(11)8-10)12-6-7-15(21)20-16(12)22/h4-5,8-9,12H,6-7H2,1-3H3,(H,19,23)(H,20,21,22). The first-order valence-corrected chi connectivity index (χ1v) is 8.08. The van der Waals surface area contributed by atoms with Gasteiger partial charge in [-0.2, -0.15) is 0 Å². The predicted octanol–water partition coefficient (Wildman–Crippen LogP) is 3.30. The van der Waals surface area contributed by atoms with Crippen LogP contribution in [0.25, 0.3) is 11.0 Å². The Bertz CT molecular complexity index is 847. The highest BCUT2D eigenvalue weighted by molar-refractivity contribution is 6.03. The summed E-state index contributed by atoms with van der Waals surface area (Å²) in [6.07, 6.45) is 1.74. The van der Waals surface area contributed by atoms with Crippen LogP contribution in [0.1, 0.15) is 45.1 Å². The molecule has 25 heavy (non-hydrogen) atoms. The second-order valence-electron chi connectivity index (χ2n) is 7.03. The summed E-state index contributed by atoms with van der Waals surface area (Å²) in [4.78, 5) is 35.2. The number of nitrogens with one attached hydrogen (secondary N) is 2. The summed E-state index contributed by atoms with van der Waals surface area (Å²) in [7, 11) is 0. The quantitative estimate of drug-likeness (QED) is 0.815. The second kappa shape index (κ2) is 6.23. The number of hydrogen-bond donors (Lipinski definition) is 2. The molecule has 132 valence electrons. The third-order valence-corrected chi connectivity index (χ3v) is 3.87. The molecular weight excluding hydrogens is 324 g/mol. The summed E-state index contributed by atoms with van der Waals surface area (Å²) in [5, 5.41) is 5.78. The summed E-state index contributed by atoms with van der Waals surface area (Å²) in [6, 6.07) is 5.18. The molecule has 2 N–H and O–H groups in total. The second-order valence-corrected chi connectivity index (χ2v) is 7.03. The molecule has 7 heteroatoms. The zero-order chi connectivity index (χ0) is 18.2. The summed E-state index contributed by atoms with van der Waals surface area (Å²) >= 11 is 0. The molecule has 7 nitrogen and oxygen atoms in total. The van der Waals surface area contributed by atoms with E-state index in [0.29, 0.717) is 24.1 Å². The monoisotopic (exact) mass is 344 g/mol. The number of fused-ring (bicyclic) bond motifs is 1. The van der Waals surface area contributed by atoms with Crippen molar-refractivity contribution < 1.29 is 23.5 Å². The van der Waals surface area contributed by atoms with Gasteiger partial charge in [0.1, 0.15) is 11.2 Å². The molecule has 1 aromatic heterocycles. The first kappa shape index (κ1) is 17.0. The smallest absolute Gasteiger partial charge is 0.412 e. The van der Waals surface area contributed by atoms with Crippen molar-refractivity contribution in [1.29, 1.82) is 0 Å². The van der Waals surface area contributed by atoms with Gasteiger partial charge in [0.15, 0.2) is 0 Å². The molecule has 3 amide bonds. The molecule has 0 radical (unpaired) electrons. The van der Waals surface area contributed by atoms with Crippen LogP contribution in [0.2, 0.25) is 0 Å². The zero-order valence-corrected chi connectivity index (χ0v) is 14.3. The van der Waals surface area contributed by atoms with Crippen LogP contribution in [-0.4, -0.2) is 23.5 Å². The van der Waals surface area contributed by atoms with Crippen molar-refractivity contribution in [3.8, 4) is 0 Å². The van der Waals surface area contributed by atoms with E-state index in [2.05, 4.69) is 10.6 Å². The Morgan fingerprint density at radius 3 is 2.76 bits per heavy atom. The maximum atomic E-state index is 12.0. The molecule has 0 aliphatic carbocycles. The van der Waals surface area contributed by atoms with Gasteiger partial charge in [0.2, 0.25) is 11.8 Å². The fourth-order valence-corrected chi connectivity index (χ4v) is 2.81. The van der Waals surface area contributed by atoms with Crippen molar-refractivity contribution in [3.63, 3.8) is 0 Å². The molecule has 0 saturated carbocycles. The first-order chi connectivity index (χ1) is 11.7. The van der Waals surface area contributed by atoms with Crippen LogP contribution in [0.4, 0.5) is 10.5 Å². The van der Waals surface area contributed by atoms with Crippen LogP contribution in [0.5, 0.6) is 0 Å². The lowest BCUT2D eigenvalue weighted by Gasteiger charge is -2.20. The van der Waals surface area contributed by atoms with E-state index in [1.165, 1.54) is 6.26 Å². The Morgan fingerprint density at radius 2 is 2.08 bits per heavy atom. The average Bonchev–Trinajstić information content (AvgIpc) is 2.88. The van der Waals surface area contributed by atoms with Crippen LogP contribution in [-0.2, 0) is 14.3 Å². The van der Waals surface area contributed by atoms with Crippen molar-refractivity contribution in [3.05, 3.63) is 30.0 Å². The lowest BCUT2D eigenvalue weighted by atomic mass is 9.90. The van der Waals surface area contributed by atoms with Crippen molar-refractivity contribution in [2.75, 3.05) is 5.32 Å². The van der Waals surface area contributed by atoms with Crippen molar-refractivity contribution in [1.82, 2.24) is 5.32 Å². The molecule has 3 rings (SSSR count). The van der Waals surface area contributed by atoms with Gasteiger partial charge in [0.05, 0.1) is 12.2 Å². The van der Waals surface area contributed by atoms with Crippen molar-refractivity contribution in [2.45, 2.75) is 45.1 Å². The number of carbonyl (C=O) groups is 3. The van der Waals surface area contributed by atoms with Gasteiger partial charge >= 0.3 is 6.09 Å². The third-order valence-electron chi connectivity index (χ3n) is 3.87. The SMILES string of the molecule is CC(C)(C)OC(=O)Nc1ccc2c(C3CCC(=O)NC3=O)coc2c1. The van der Waals surface area contributed by atoms with Crippen LogP contribution < -0.4 is 10.6 Å². The van der Waals surface area contributed by atoms with Crippen LogP contribution >= 0.6 is 0 Å². The molecule has 2 heterocycles. The normalized spacial score (nSPS) is 18.1. The number of amides is 3. The number of imide groups is 1. The zero-order valence-electron chi connectivity index (χ0n) is 14.3. The van der Waals surface area contributed by atoms with Crippen LogP contribution in [0, 0.1) is 0 Å². The lowest BCUT2D eigenvalue weighted by molar-refractivity contribution is -0.134. The number of ether oxygens (including phenoxy) is 1. The maximum Gasteiger partial charge on any atom is 0.412 e. The van der Waals surface area contributed by atoms with Gasteiger partial charge < -0.3 is 9.15 Å². The van der Waals surface area contributed by atoms with Gasteiger partial charge in [-0.3, -0.25) is 20.2 Å². The van der Waals surface area contributed by atoms with E-state index in [-0.39, 0.29) is 11.8 Å². The van der Waals surface area contributed by atoms with Gasteiger partial charge in [-0.05, 0) is 39.3 Å². The number of anilines is 1. The Hall–Kier alpha value is -2.83. The number of benzene rings is 1. The summed E-state index contributed by atoms with van der Waals surface area (Å²) in [5.41, 5.74) is 1.24. The van der Waals surface area contributed by atoms with Crippen molar-refractivity contribution in [2.24, 2.45) is 0 Å². The molecule has 2 aromatic rings. The molecule has 1 unspecified atom stereocenters. The molecule has 1 atom stereocenters. The molecule has 0 spiro atoms. The van der Waals surface area contributed by atoms with E-state index >= 15 is 0 Å². The summed E-state index contributed by atoms with van der Waals surface area (Å²) < 4.78 is 10.8. The minimum Gasteiger partial charge on any atom is -0.464 e. The molecule has 1 aliphatic heterocycles. The fourth-order valence-electron chi connectivity index (χ4n) is 2.81. The first-order valence-electron chi connectivity index (χ1n) is 8.08. The largest absolute Gasteiger partial charge is 0.464 e. The van der Waals surface area contributed by atoms with Gasteiger partial charge in [-0.15, -0.1) is 0 Å². The minimum atomic E-state index is -0.586. The Morgan fingerprint density at radius 1 is 1.32 bits per heavy atom. The molecule has 0 bridgehead atoms. The van der Waals surface area contributed by atoms with E-state index in [4.69, 9.17) is 9.15 Å². The van der Waals surface area contributed by atoms with Crippen LogP contribution in [0.3, 0.4) is 0 Å². The fraction of sp³-hybridized carbons (Fsp3) is 0.389. The van der Waals surface area contributed by atoms with Gasteiger partial charge in [0, 0.05) is 29.1 Å². The number of carbonyl (C=O) groups excluding carboxylic acids is 3. The van der Waals surface area contributed by atoms with Gasteiger partial charge in [-0.1, -0.05) is 0 Å². The van der Waals surface area contributed by atoms with E-state index in [1.807, 2.05) is 0 Å². The van der Waals surface area contributed by atoms with Crippen molar-refractivity contribution >= 4 is 34.6 Å². The van der Waals surface area contributed by atoms with E-state index < -0.39 is 17.6 Å². The maximum absolute atomic E-state index is 12.0. The highest BCUT2D eigenvalue weighted by Gasteiger charge is 2.30. The molecule has 1 aromatic carbocycles. The average molecular weight is 344 g/mol. The van der Waals surface area contributed by atoms with E-state index in [1.54, 1.807) is 39.0 Å². The Balaban J connectivity index is 1.81. The third kappa shape index (κ3) is 3.81. The highest BCUT2D eigenvalue weighted by Crippen LogP contribution is 2.33. The van der Waals surface area contributed by atoms with Crippen LogP contribution in [0.15, 0.2) is 28.9 Å². The molecule has 1 aliphatic rings. The predicted molar refractivity (Wildman–Crippen MR) is 91.2 cm³/mol. The van der Waals surface area contributed by atoms with Gasteiger partial charge in [0.25, 0.3) is 0 Å². The minimum absolute atomic E-state index is 0.252.